The topological polar surface area (TPSA) is 49.7 Å². The fourth-order valence-electron chi connectivity index (χ4n) is 1.59. The highest BCUT2D eigenvalue weighted by atomic mass is 35.5. The zero-order valence-corrected chi connectivity index (χ0v) is 10.5. The lowest BCUT2D eigenvalue weighted by Crippen LogP contribution is -2.13. The Morgan fingerprint density at radius 2 is 2.18 bits per heavy atom. The van der Waals surface area contributed by atoms with Gasteiger partial charge in [-0.2, -0.15) is 0 Å². The molecule has 1 aromatic rings. The lowest BCUT2D eigenvalue weighted by Gasteiger charge is -2.18. The first-order valence-corrected chi connectivity index (χ1v) is 6.24. The van der Waals surface area contributed by atoms with E-state index in [4.69, 9.17) is 21.4 Å². The molecule has 94 valence electrons. The molecule has 1 aromatic carbocycles. The van der Waals surface area contributed by atoms with Crippen molar-refractivity contribution >= 4 is 11.6 Å². The third-order valence-electron chi connectivity index (χ3n) is 2.94. The number of aliphatic hydroxyl groups is 2. The molecule has 1 aliphatic carbocycles. The molecule has 4 heteroatoms. The number of halogens is 1. The highest BCUT2D eigenvalue weighted by molar-refractivity contribution is 6.32. The van der Waals surface area contributed by atoms with Crippen LogP contribution in [0.5, 0.6) is 5.75 Å². The molecule has 1 fully saturated rings. The molecule has 0 amide bonds. The van der Waals surface area contributed by atoms with E-state index in [1.807, 2.05) is 0 Å². The van der Waals surface area contributed by atoms with Crippen molar-refractivity contribution in [1.82, 2.24) is 0 Å². The van der Waals surface area contributed by atoms with E-state index in [2.05, 4.69) is 0 Å². The fourth-order valence-corrected chi connectivity index (χ4v) is 1.82. The van der Waals surface area contributed by atoms with Gasteiger partial charge < -0.3 is 14.9 Å². The fraction of sp³-hybridized carbons (Fsp3) is 0.538. The van der Waals surface area contributed by atoms with Crippen molar-refractivity contribution in [2.45, 2.75) is 32.0 Å². The van der Waals surface area contributed by atoms with E-state index < -0.39 is 6.10 Å². The van der Waals surface area contributed by atoms with Crippen LogP contribution in [-0.4, -0.2) is 22.9 Å². The van der Waals surface area contributed by atoms with Crippen LogP contribution in [0.2, 0.25) is 5.02 Å². The SMILES string of the molecule is C[C@H](CO)[C@H](O)c1ccc(OC2CC2)c(Cl)c1. The van der Waals surface area contributed by atoms with Gasteiger partial charge in [0.1, 0.15) is 5.75 Å². The average Bonchev–Trinajstić information content (AvgIpc) is 3.13. The van der Waals surface area contributed by atoms with Crippen molar-refractivity contribution in [3.63, 3.8) is 0 Å². The van der Waals surface area contributed by atoms with E-state index in [-0.39, 0.29) is 12.5 Å². The van der Waals surface area contributed by atoms with Crippen LogP contribution in [0.1, 0.15) is 31.4 Å². The summed E-state index contributed by atoms with van der Waals surface area (Å²) in [5.74, 6) is 0.461. The molecular formula is C13H17ClO3. The summed E-state index contributed by atoms with van der Waals surface area (Å²) in [4.78, 5) is 0. The summed E-state index contributed by atoms with van der Waals surface area (Å²) in [7, 11) is 0. The van der Waals surface area contributed by atoms with Crippen LogP contribution in [0, 0.1) is 5.92 Å². The van der Waals surface area contributed by atoms with Gasteiger partial charge in [0.15, 0.2) is 0 Å². The number of benzene rings is 1. The molecule has 0 bridgehead atoms. The van der Waals surface area contributed by atoms with Gasteiger partial charge in [-0.1, -0.05) is 24.6 Å². The molecule has 2 N–H and O–H groups in total. The summed E-state index contributed by atoms with van der Waals surface area (Å²) < 4.78 is 5.61. The van der Waals surface area contributed by atoms with Gasteiger partial charge in [-0.05, 0) is 30.5 Å². The van der Waals surface area contributed by atoms with Crippen molar-refractivity contribution in [1.29, 1.82) is 0 Å². The molecule has 0 aromatic heterocycles. The van der Waals surface area contributed by atoms with E-state index in [1.165, 1.54) is 0 Å². The van der Waals surface area contributed by atoms with Crippen molar-refractivity contribution in [2.24, 2.45) is 5.92 Å². The highest BCUT2D eigenvalue weighted by Crippen LogP contribution is 2.34. The van der Waals surface area contributed by atoms with E-state index in [0.717, 1.165) is 12.8 Å². The van der Waals surface area contributed by atoms with Crippen molar-refractivity contribution < 1.29 is 14.9 Å². The Morgan fingerprint density at radius 1 is 1.47 bits per heavy atom. The Hall–Kier alpha value is -0.770. The largest absolute Gasteiger partial charge is 0.489 e. The third-order valence-corrected chi connectivity index (χ3v) is 3.24. The second-order valence-electron chi connectivity index (χ2n) is 4.61. The molecular weight excluding hydrogens is 240 g/mol. The molecule has 0 aliphatic heterocycles. The monoisotopic (exact) mass is 256 g/mol. The summed E-state index contributed by atoms with van der Waals surface area (Å²) in [6.07, 6.45) is 1.77. The summed E-state index contributed by atoms with van der Waals surface area (Å²) in [6, 6.07) is 5.28. The minimum Gasteiger partial charge on any atom is -0.489 e. The molecule has 0 heterocycles. The van der Waals surface area contributed by atoms with Crippen LogP contribution in [0.25, 0.3) is 0 Å². The number of ether oxygens (including phenoxy) is 1. The average molecular weight is 257 g/mol. The van der Waals surface area contributed by atoms with Crippen molar-refractivity contribution in [3.8, 4) is 5.75 Å². The maximum atomic E-state index is 9.94. The van der Waals surface area contributed by atoms with E-state index in [9.17, 15) is 5.11 Å². The molecule has 0 radical (unpaired) electrons. The molecule has 1 aliphatic rings. The smallest absolute Gasteiger partial charge is 0.138 e. The Labute approximate surface area is 106 Å². The maximum Gasteiger partial charge on any atom is 0.138 e. The van der Waals surface area contributed by atoms with Crippen LogP contribution in [0.4, 0.5) is 0 Å². The first-order valence-electron chi connectivity index (χ1n) is 5.87. The summed E-state index contributed by atoms with van der Waals surface area (Å²) in [6.45, 7) is 1.73. The minimum atomic E-state index is -0.701. The van der Waals surface area contributed by atoms with Crippen molar-refractivity contribution in [2.75, 3.05) is 6.61 Å². The quantitative estimate of drug-likeness (QED) is 0.851. The van der Waals surface area contributed by atoms with Gasteiger partial charge in [0, 0.05) is 12.5 Å². The first kappa shape index (κ1) is 12.7. The normalized spacial score (nSPS) is 18.8. The van der Waals surface area contributed by atoms with E-state index in [0.29, 0.717) is 22.4 Å². The lowest BCUT2D eigenvalue weighted by molar-refractivity contribution is 0.0770. The first-order chi connectivity index (χ1) is 8.11. The number of hydrogen-bond donors (Lipinski definition) is 2. The van der Waals surface area contributed by atoms with Gasteiger partial charge in [-0.3, -0.25) is 0 Å². The zero-order valence-electron chi connectivity index (χ0n) is 9.77. The molecule has 17 heavy (non-hydrogen) atoms. The van der Waals surface area contributed by atoms with Crippen LogP contribution in [0.3, 0.4) is 0 Å². The second kappa shape index (κ2) is 5.25. The third kappa shape index (κ3) is 3.12. The maximum absolute atomic E-state index is 9.94. The molecule has 2 rings (SSSR count). The Bertz CT molecular complexity index is 390. The summed E-state index contributed by atoms with van der Waals surface area (Å²) in [5, 5.41) is 19.5. The van der Waals surface area contributed by atoms with Gasteiger partial charge in [0.2, 0.25) is 0 Å². The summed E-state index contributed by atoms with van der Waals surface area (Å²) >= 11 is 6.09. The number of rotatable bonds is 5. The Balaban J connectivity index is 2.11. The predicted molar refractivity (Wildman–Crippen MR) is 66.3 cm³/mol. The van der Waals surface area contributed by atoms with E-state index in [1.54, 1.807) is 25.1 Å². The van der Waals surface area contributed by atoms with Gasteiger partial charge >= 0.3 is 0 Å². The van der Waals surface area contributed by atoms with Crippen LogP contribution < -0.4 is 4.74 Å². The molecule has 0 saturated heterocycles. The summed E-state index contributed by atoms with van der Waals surface area (Å²) in [5.41, 5.74) is 0.708. The molecule has 0 unspecified atom stereocenters. The second-order valence-corrected chi connectivity index (χ2v) is 5.02. The van der Waals surface area contributed by atoms with Gasteiger partial charge in [-0.15, -0.1) is 0 Å². The standard InChI is InChI=1S/C13H17ClO3/c1-8(7-15)13(16)9-2-5-12(11(14)6-9)17-10-3-4-10/h2,5-6,8,10,13,15-16H,3-4,7H2,1H3/t8-,13+/m1/s1. The van der Waals surface area contributed by atoms with Gasteiger partial charge in [0.05, 0.1) is 17.2 Å². The lowest BCUT2D eigenvalue weighted by atomic mass is 9.98. The molecule has 3 nitrogen and oxygen atoms in total. The van der Waals surface area contributed by atoms with Crippen LogP contribution in [-0.2, 0) is 0 Å². The van der Waals surface area contributed by atoms with Gasteiger partial charge in [0.25, 0.3) is 0 Å². The zero-order chi connectivity index (χ0) is 12.4. The highest BCUT2D eigenvalue weighted by Gasteiger charge is 2.25. The van der Waals surface area contributed by atoms with Gasteiger partial charge in [-0.25, -0.2) is 0 Å². The number of hydrogen-bond acceptors (Lipinski definition) is 3. The Morgan fingerprint density at radius 3 is 2.71 bits per heavy atom. The molecule has 1 saturated carbocycles. The Kier molecular flexibility index (Phi) is 3.92. The van der Waals surface area contributed by atoms with E-state index >= 15 is 0 Å². The van der Waals surface area contributed by atoms with Crippen LogP contribution in [0.15, 0.2) is 18.2 Å². The minimum absolute atomic E-state index is 0.0564. The van der Waals surface area contributed by atoms with Crippen molar-refractivity contribution in [3.05, 3.63) is 28.8 Å². The number of aliphatic hydroxyl groups excluding tert-OH is 2. The molecule has 2 atom stereocenters. The van der Waals surface area contributed by atoms with Crippen LogP contribution >= 0.6 is 11.6 Å². The predicted octanol–water partition coefficient (Wildman–Crippen LogP) is 2.54. The molecule has 0 spiro atoms.